The van der Waals surface area contributed by atoms with Crippen LogP contribution in [0.15, 0.2) is 22.5 Å². The number of rotatable bonds is 8. The van der Waals surface area contributed by atoms with E-state index in [-0.39, 0.29) is 18.2 Å². The molecule has 0 aliphatic rings. The Morgan fingerprint density at radius 3 is 2.92 bits per heavy atom. The number of benzene rings is 1. The fourth-order valence-electron chi connectivity index (χ4n) is 1.73. The van der Waals surface area contributed by atoms with Gasteiger partial charge in [0.05, 0.1) is 4.92 Å². The van der Waals surface area contributed by atoms with Gasteiger partial charge in [-0.15, -0.1) is 10.2 Å². The normalized spacial score (nSPS) is 10.4. The molecule has 24 heavy (non-hydrogen) atoms. The molecule has 0 aliphatic carbocycles. The number of hydrogen-bond acceptors (Lipinski definition) is 8. The van der Waals surface area contributed by atoms with Gasteiger partial charge in [-0.05, 0) is 25.5 Å². The standard InChI is InChI=1S/C14H16N4O4S2/c1-3-6-23-14-17-16-13(24-14)15-12(19)8-22-10-4-5-11(18(20)21)9(2)7-10/h4-5,7H,3,6,8H2,1-2H3,(H,15,16,19). The Labute approximate surface area is 146 Å². The van der Waals surface area contributed by atoms with E-state index in [1.54, 1.807) is 18.7 Å². The molecule has 8 nitrogen and oxygen atoms in total. The second-order valence-electron chi connectivity index (χ2n) is 4.76. The summed E-state index contributed by atoms with van der Waals surface area (Å²) >= 11 is 2.90. The van der Waals surface area contributed by atoms with Gasteiger partial charge in [0.15, 0.2) is 10.9 Å². The van der Waals surface area contributed by atoms with Crippen molar-refractivity contribution in [2.75, 3.05) is 17.7 Å². The number of nitrogens with one attached hydrogen (secondary N) is 1. The summed E-state index contributed by atoms with van der Waals surface area (Å²) in [4.78, 5) is 22.2. The van der Waals surface area contributed by atoms with Crippen LogP contribution < -0.4 is 10.1 Å². The Kier molecular flexibility index (Phi) is 6.50. The van der Waals surface area contributed by atoms with Gasteiger partial charge >= 0.3 is 0 Å². The number of aryl methyl sites for hydroxylation is 1. The number of carbonyl (C=O) groups is 1. The van der Waals surface area contributed by atoms with Crippen LogP contribution in [0.5, 0.6) is 5.75 Å². The fraction of sp³-hybridized carbons (Fsp3) is 0.357. The highest BCUT2D eigenvalue weighted by Gasteiger charge is 2.12. The van der Waals surface area contributed by atoms with Crippen molar-refractivity contribution >= 4 is 39.8 Å². The van der Waals surface area contributed by atoms with Crippen molar-refractivity contribution in [3.8, 4) is 5.75 Å². The number of nitrogens with zero attached hydrogens (tertiary/aromatic N) is 3. The predicted octanol–water partition coefficient (Wildman–Crippen LogP) is 3.27. The molecule has 0 saturated heterocycles. The summed E-state index contributed by atoms with van der Waals surface area (Å²) in [5.41, 5.74) is 0.484. The smallest absolute Gasteiger partial charge is 0.272 e. The Balaban J connectivity index is 1.85. The zero-order chi connectivity index (χ0) is 17.5. The third-order valence-corrected chi connectivity index (χ3v) is 5.00. The highest BCUT2D eigenvalue weighted by atomic mass is 32.2. The van der Waals surface area contributed by atoms with E-state index in [0.717, 1.165) is 16.5 Å². The minimum Gasteiger partial charge on any atom is -0.484 e. The highest BCUT2D eigenvalue weighted by molar-refractivity contribution is 8.01. The summed E-state index contributed by atoms with van der Waals surface area (Å²) < 4.78 is 6.15. The average Bonchev–Trinajstić information content (AvgIpc) is 2.98. The molecule has 1 amide bonds. The van der Waals surface area contributed by atoms with E-state index in [2.05, 4.69) is 22.4 Å². The van der Waals surface area contributed by atoms with Gasteiger partial charge < -0.3 is 4.74 Å². The first-order valence-corrected chi connectivity index (χ1v) is 8.93. The van der Waals surface area contributed by atoms with Crippen molar-refractivity contribution in [3.63, 3.8) is 0 Å². The zero-order valence-electron chi connectivity index (χ0n) is 13.1. The van der Waals surface area contributed by atoms with Crippen LogP contribution in [-0.4, -0.2) is 33.4 Å². The summed E-state index contributed by atoms with van der Waals surface area (Å²) in [5.74, 6) is 0.976. The van der Waals surface area contributed by atoms with Crippen LogP contribution in [0.1, 0.15) is 18.9 Å². The lowest BCUT2D eigenvalue weighted by molar-refractivity contribution is -0.385. The number of nitro benzene ring substituents is 1. The first kappa shape index (κ1) is 18.1. The van der Waals surface area contributed by atoms with Gasteiger partial charge in [0.2, 0.25) is 5.13 Å². The van der Waals surface area contributed by atoms with E-state index in [0.29, 0.717) is 16.4 Å². The molecule has 2 rings (SSSR count). The van der Waals surface area contributed by atoms with E-state index in [4.69, 9.17) is 4.74 Å². The molecule has 0 fully saturated rings. The van der Waals surface area contributed by atoms with Crippen molar-refractivity contribution in [1.82, 2.24) is 10.2 Å². The summed E-state index contributed by atoms with van der Waals surface area (Å²) in [6.45, 7) is 3.48. The Morgan fingerprint density at radius 1 is 1.46 bits per heavy atom. The summed E-state index contributed by atoms with van der Waals surface area (Å²) in [5, 5.41) is 21.7. The molecular formula is C14H16N4O4S2. The van der Waals surface area contributed by atoms with Gasteiger partial charge in [0.25, 0.3) is 11.6 Å². The number of anilines is 1. The predicted molar refractivity (Wildman–Crippen MR) is 92.9 cm³/mol. The maximum absolute atomic E-state index is 11.9. The third kappa shape index (κ3) is 5.17. The van der Waals surface area contributed by atoms with Crippen LogP contribution in [0.25, 0.3) is 0 Å². The number of thioether (sulfide) groups is 1. The summed E-state index contributed by atoms with van der Waals surface area (Å²) in [7, 11) is 0. The molecule has 0 atom stereocenters. The molecular weight excluding hydrogens is 352 g/mol. The molecule has 1 N–H and O–H groups in total. The fourth-order valence-corrected chi connectivity index (χ4v) is 3.43. The van der Waals surface area contributed by atoms with Gasteiger partial charge in [-0.3, -0.25) is 20.2 Å². The van der Waals surface area contributed by atoms with Crippen molar-refractivity contribution in [2.24, 2.45) is 0 Å². The van der Waals surface area contributed by atoms with Crippen LogP contribution >= 0.6 is 23.1 Å². The highest BCUT2D eigenvalue weighted by Crippen LogP contribution is 2.26. The molecule has 0 saturated carbocycles. The minimum atomic E-state index is -0.463. The van der Waals surface area contributed by atoms with Crippen molar-refractivity contribution in [1.29, 1.82) is 0 Å². The lowest BCUT2D eigenvalue weighted by atomic mass is 10.2. The van der Waals surface area contributed by atoms with E-state index < -0.39 is 4.92 Å². The monoisotopic (exact) mass is 368 g/mol. The second-order valence-corrected chi connectivity index (χ2v) is 7.08. The molecule has 1 aromatic heterocycles. The van der Waals surface area contributed by atoms with Gasteiger partial charge in [-0.2, -0.15) is 0 Å². The number of carbonyl (C=O) groups excluding carboxylic acids is 1. The first-order chi connectivity index (χ1) is 11.5. The lowest BCUT2D eigenvalue weighted by Gasteiger charge is -2.06. The van der Waals surface area contributed by atoms with E-state index >= 15 is 0 Å². The quantitative estimate of drug-likeness (QED) is 0.330. The lowest BCUT2D eigenvalue weighted by Crippen LogP contribution is -2.20. The number of aromatic nitrogens is 2. The van der Waals surface area contributed by atoms with Crippen molar-refractivity contribution < 1.29 is 14.5 Å². The average molecular weight is 368 g/mol. The summed E-state index contributed by atoms with van der Waals surface area (Å²) in [6, 6.07) is 4.34. The van der Waals surface area contributed by atoms with Crippen molar-refractivity contribution in [2.45, 2.75) is 24.6 Å². The topological polar surface area (TPSA) is 107 Å². The molecule has 1 aromatic carbocycles. The molecule has 128 valence electrons. The SMILES string of the molecule is CCCSc1nnc(NC(=O)COc2ccc([N+](=O)[O-])c(C)c2)s1. The number of amides is 1. The molecule has 0 unspecified atom stereocenters. The molecule has 2 aromatic rings. The summed E-state index contributed by atoms with van der Waals surface area (Å²) in [6.07, 6.45) is 1.04. The van der Waals surface area contributed by atoms with Crippen molar-refractivity contribution in [3.05, 3.63) is 33.9 Å². The minimum absolute atomic E-state index is 0.0118. The maximum atomic E-state index is 11.9. The molecule has 1 heterocycles. The zero-order valence-corrected chi connectivity index (χ0v) is 14.8. The number of ether oxygens (including phenoxy) is 1. The van der Waals surface area contributed by atoms with E-state index in [1.807, 2.05) is 0 Å². The Hall–Kier alpha value is -2.20. The number of nitro groups is 1. The van der Waals surface area contributed by atoms with Crippen LogP contribution in [0.4, 0.5) is 10.8 Å². The van der Waals surface area contributed by atoms with E-state index in [9.17, 15) is 14.9 Å². The molecule has 0 bridgehead atoms. The molecule has 0 spiro atoms. The van der Waals surface area contributed by atoms with Gasteiger partial charge in [-0.25, -0.2) is 0 Å². The van der Waals surface area contributed by atoms with Gasteiger partial charge in [0.1, 0.15) is 5.75 Å². The molecule has 10 heteroatoms. The van der Waals surface area contributed by atoms with Gasteiger partial charge in [-0.1, -0.05) is 30.0 Å². The van der Waals surface area contributed by atoms with Crippen LogP contribution in [0.2, 0.25) is 0 Å². The first-order valence-electron chi connectivity index (χ1n) is 7.13. The van der Waals surface area contributed by atoms with Gasteiger partial charge in [0, 0.05) is 17.4 Å². The van der Waals surface area contributed by atoms with Crippen LogP contribution in [0, 0.1) is 17.0 Å². The maximum Gasteiger partial charge on any atom is 0.272 e. The largest absolute Gasteiger partial charge is 0.484 e. The Morgan fingerprint density at radius 2 is 2.25 bits per heavy atom. The molecule has 0 aliphatic heterocycles. The van der Waals surface area contributed by atoms with E-state index in [1.165, 1.54) is 29.5 Å². The molecule has 0 radical (unpaired) electrons. The Bertz CT molecular complexity index is 735. The second kappa shape index (κ2) is 8.60. The van der Waals surface area contributed by atoms with Crippen LogP contribution in [-0.2, 0) is 4.79 Å². The third-order valence-electron chi connectivity index (χ3n) is 2.82. The van der Waals surface area contributed by atoms with Crippen LogP contribution in [0.3, 0.4) is 0 Å². The number of hydrogen-bond donors (Lipinski definition) is 1.